The highest BCUT2D eigenvalue weighted by molar-refractivity contribution is 7.90. The van der Waals surface area contributed by atoms with Crippen molar-refractivity contribution < 1.29 is 22.3 Å². The maximum atomic E-state index is 13.2. The van der Waals surface area contributed by atoms with Crippen LogP contribution in [0, 0.1) is 5.82 Å². The number of nitrogens with one attached hydrogen (secondary N) is 1. The van der Waals surface area contributed by atoms with E-state index in [1.54, 1.807) is 0 Å². The first-order valence-electron chi connectivity index (χ1n) is 9.62. The number of carbonyl (C=O) groups is 1. The summed E-state index contributed by atoms with van der Waals surface area (Å²) in [6.07, 6.45) is 0. The molecule has 0 aliphatic carbocycles. The van der Waals surface area contributed by atoms with E-state index >= 15 is 0 Å². The van der Waals surface area contributed by atoms with Crippen LogP contribution in [0.3, 0.4) is 0 Å². The van der Waals surface area contributed by atoms with Gasteiger partial charge >= 0.3 is 10.2 Å². The summed E-state index contributed by atoms with van der Waals surface area (Å²) in [5.74, 6) is -0.298. The number of fused-ring (bicyclic) bond motifs is 1. The van der Waals surface area contributed by atoms with Gasteiger partial charge in [-0.1, -0.05) is 36.4 Å². The summed E-state index contributed by atoms with van der Waals surface area (Å²) in [5.41, 5.74) is 0.192. The molecular weight excluding hydrogens is 421 g/mol. The Labute approximate surface area is 181 Å². The minimum atomic E-state index is -3.95. The van der Waals surface area contributed by atoms with Gasteiger partial charge in [-0.3, -0.25) is 4.79 Å². The Hall–Kier alpha value is -3.17. The molecule has 3 aromatic rings. The fraction of sp³-hybridized carbons (Fsp3) is 0.227. The number of hydrogen-bond donors (Lipinski definition) is 1. The fourth-order valence-corrected chi connectivity index (χ4v) is 4.03. The number of nitrogens with zero attached hydrogens (tertiary/aromatic N) is 2. The van der Waals surface area contributed by atoms with Gasteiger partial charge in [0.05, 0.1) is 12.2 Å². The van der Waals surface area contributed by atoms with E-state index in [1.807, 2.05) is 42.5 Å². The zero-order valence-electron chi connectivity index (χ0n) is 17.3. The van der Waals surface area contributed by atoms with E-state index in [2.05, 4.69) is 5.32 Å². The average molecular weight is 446 g/mol. The number of ether oxygens (including phenoxy) is 1. The van der Waals surface area contributed by atoms with Crippen LogP contribution in [0.5, 0.6) is 5.75 Å². The third kappa shape index (κ3) is 5.50. The Morgan fingerprint density at radius 1 is 1.00 bits per heavy atom. The Balaban J connectivity index is 1.61. The molecule has 0 atom stereocenters. The van der Waals surface area contributed by atoms with E-state index in [4.69, 9.17) is 4.74 Å². The summed E-state index contributed by atoms with van der Waals surface area (Å²) < 4.78 is 46.2. The summed E-state index contributed by atoms with van der Waals surface area (Å²) in [6, 6.07) is 18.4. The predicted octanol–water partition coefficient (Wildman–Crippen LogP) is 2.79. The molecule has 0 radical (unpaired) electrons. The number of rotatable bonds is 9. The summed E-state index contributed by atoms with van der Waals surface area (Å²) in [5, 5.41) is 4.68. The van der Waals surface area contributed by atoms with Crippen molar-refractivity contribution in [3.05, 3.63) is 72.5 Å². The van der Waals surface area contributed by atoms with E-state index in [-0.39, 0.29) is 18.8 Å². The van der Waals surface area contributed by atoms with Crippen LogP contribution in [0.4, 0.5) is 10.1 Å². The minimum Gasteiger partial charge on any atom is -0.491 e. The van der Waals surface area contributed by atoms with Gasteiger partial charge in [0.25, 0.3) is 0 Å². The van der Waals surface area contributed by atoms with Crippen LogP contribution in [0.25, 0.3) is 10.8 Å². The lowest BCUT2D eigenvalue weighted by atomic mass is 10.1. The molecule has 0 saturated carbocycles. The SMILES string of the molecule is CN(C)S(=O)(=O)N(CC(=O)NCCOc1cccc2ccccc12)c1ccc(F)cc1. The second kappa shape index (κ2) is 9.76. The van der Waals surface area contributed by atoms with Crippen LogP contribution in [0.2, 0.25) is 0 Å². The smallest absolute Gasteiger partial charge is 0.304 e. The van der Waals surface area contributed by atoms with Crippen molar-refractivity contribution in [2.75, 3.05) is 38.1 Å². The van der Waals surface area contributed by atoms with E-state index in [1.165, 1.54) is 26.2 Å². The monoisotopic (exact) mass is 445 g/mol. The molecule has 0 saturated heterocycles. The van der Waals surface area contributed by atoms with Gasteiger partial charge < -0.3 is 10.1 Å². The normalized spacial score (nSPS) is 11.5. The summed E-state index contributed by atoms with van der Waals surface area (Å²) in [4.78, 5) is 12.4. The van der Waals surface area contributed by atoms with Crippen molar-refractivity contribution in [1.82, 2.24) is 9.62 Å². The summed E-state index contributed by atoms with van der Waals surface area (Å²) in [7, 11) is -1.22. The van der Waals surface area contributed by atoms with Crippen molar-refractivity contribution in [2.45, 2.75) is 0 Å². The summed E-state index contributed by atoms with van der Waals surface area (Å²) in [6.45, 7) is -0.0293. The molecule has 1 amide bonds. The number of carbonyl (C=O) groups excluding carboxylic acids is 1. The number of halogens is 1. The van der Waals surface area contributed by atoms with Crippen molar-refractivity contribution in [3.63, 3.8) is 0 Å². The fourth-order valence-electron chi connectivity index (χ4n) is 2.97. The quantitative estimate of drug-likeness (QED) is 0.514. The molecule has 0 fully saturated rings. The van der Waals surface area contributed by atoms with Gasteiger partial charge in [-0.25, -0.2) is 8.70 Å². The van der Waals surface area contributed by atoms with Crippen LogP contribution in [-0.4, -0.2) is 52.4 Å². The van der Waals surface area contributed by atoms with Crippen LogP contribution in [0.1, 0.15) is 0 Å². The Kier molecular flexibility index (Phi) is 7.09. The van der Waals surface area contributed by atoms with Gasteiger partial charge in [0.2, 0.25) is 5.91 Å². The van der Waals surface area contributed by atoms with Crippen molar-refractivity contribution in [2.24, 2.45) is 0 Å². The van der Waals surface area contributed by atoms with Crippen LogP contribution >= 0.6 is 0 Å². The third-order valence-corrected chi connectivity index (χ3v) is 6.39. The molecule has 0 aromatic heterocycles. The van der Waals surface area contributed by atoms with Gasteiger partial charge in [-0.2, -0.15) is 12.7 Å². The van der Waals surface area contributed by atoms with Crippen molar-refractivity contribution in [3.8, 4) is 5.75 Å². The second-order valence-electron chi connectivity index (χ2n) is 6.95. The molecule has 0 spiro atoms. The van der Waals surface area contributed by atoms with Crippen LogP contribution in [-0.2, 0) is 15.0 Å². The molecule has 0 aliphatic heterocycles. The van der Waals surface area contributed by atoms with E-state index < -0.39 is 28.5 Å². The zero-order valence-corrected chi connectivity index (χ0v) is 18.1. The highest BCUT2D eigenvalue weighted by atomic mass is 32.2. The van der Waals surface area contributed by atoms with Crippen LogP contribution < -0.4 is 14.4 Å². The van der Waals surface area contributed by atoms with Gasteiger partial charge in [0.15, 0.2) is 0 Å². The Morgan fingerprint density at radius 2 is 1.68 bits per heavy atom. The Bertz CT molecular complexity index is 1150. The molecule has 3 aromatic carbocycles. The molecule has 31 heavy (non-hydrogen) atoms. The maximum absolute atomic E-state index is 13.2. The first-order valence-corrected chi connectivity index (χ1v) is 11.0. The molecule has 0 heterocycles. The van der Waals surface area contributed by atoms with Crippen molar-refractivity contribution >= 4 is 32.6 Å². The molecule has 0 aliphatic rings. The van der Waals surface area contributed by atoms with E-state index in [0.29, 0.717) is 5.75 Å². The molecule has 7 nitrogen and oxygen atoms in total. The van der Waals surface area contributed by atoms with Gasteiger partial charge in [0.1, 0.15) is 24.7 Å². The molecule has 1 N–H and O–H groups in total. The molecule has 164 valence electrons. The third-order valence-electron chi connectivity index (χ3n) is 4.57. The minimum absolute atomic E-state index is 0.192. The maximum Gasteiger partial charge on any atom is 0.304 e. The number of anilines is 1. The lowest BCUT2D eigenvalue weighted by Crippen LogP contribution is -2.46. The number of amides is 1. The lowest BCUT2D eigenvalue weighted by Gasteiger charge is -2.26. The van der Waals surface area contributed by atoms with Crippen LogP contribution in [0.15, 0.2) is 66.7 Å². The largest absolute Gasteiger partial charge is 0.491 e. The van der Waals surface area contributed by atoms with E-state index in [9.17, 15) is 17.6 Å². The topological polar surface area (TPSA) is 79.0 Å². The molecule has 0 bridgehead atoms. The van der Waals surface area contributed by atoms with E-state index in [0.717, 1.165) is 31.5 Å². The molecule has 9 heteroatoms. The number of benzene rings is 3. The molecular formula is C22H24FN3O4S. The van der Waals surface area contributed by atoms with Gasteiger partial charge in [0, 0.05) is 19.5 Å². The van der Waals surface area contributed by atoms with Gasteiger partial charge in [-0.15, -0.1) is 0 Å². The first kappa shape index (κ1) is 22.5. The predicted molar refractivity (Wildman–Crippen MR) is 119 cm³/mol. The highest BCUT2D eigenvalue weighted by Gasteiger charge is 2.27. The van der Waals surface area contributed by atoms with Crippen molar-refractivity contribution in [1.29, 1.82) is 0 Å². The Morgan fingerprint density at radius 3 is 2.39 bits per heavy atom. The standard InChI is InChI=1S/C22H24FN3O4S/c1-25(2)31(28,29)26(19-12-10-18(23)11-13-19)16-22(27)24-14-15-30-21-9-5-7-17-6-3-4-8-20(17)21/h3-13H,14-16H2,1-2H3,(H,24,27). The lowest BCUT2D eigenvalue weighted by molar-refractivity contribution is -0.119. The molecule has 3 rings (SSSR count). The molecule has 0 unspecified atom stereocenters. The summed E-state index contributed by atoms with van der Waals surface area (Å²) >= 11 is 0. The zero-order chi connectivity index (χ0) is 22.4. The first-order chi connectivity index (χ1) is 14.8. The average Bonchev–Trinajstić information content (AvgIpc) is 2.75. The second-order valence-corrected chi connectivity index (χ2v) is 9.02. The number of hydrogen-bond acceptors (Lipinski definition) is 4. The van der Waals surface area contributed by atoms with Gasteiger partial charge in [-0.05, 0) is 35.7 Å². The highest BCUT2D eigenvalue weighted by Crippen LogP contribution is 2.25.